The molecule has 1 aliphatic carbocycles. The molecule has 1 saturated carbocycles. The van der Waals surface area contributed by atoms with Crippen molar-refractivity contribution in [1.29, 1.82) is 0 Å². The normalized spacial score (nSPS) is 22.1. The van der Waals surface area contributed by atoms with Crippen molar-refractivity contribution in [3.05, 3.63) is 0 Å². The molecule has 1 atom stereocenters. The third-order valence-corrected chi connectivity index (χ3v) is 3.86. The topological polar surface area (TPSA) is 26.3 Å². The Morgan fingerprint density at radius 2 is 1.67 bits per heavy atom. The lowest BCUT2D eigenvalue weighted by atomic mass is 9.87. The molecule has 0 N–H and O–H groups in total. The Labute approximate surface area is 106 Å². The van der Waals surface area contributed by atoms with Crippen molar-refractivity contribution in [3.63, 3.8) is 0 Å². The summed E-state index contributed by atoms with van der Waals surface area (Å²) in [7, 11) is 0. The van der Waals surface area contributed by atoms with Crippen LogP contribution in [0.1, 0.15) is 58.8 Å². The minimum Gasteiger partial charge on any atom is -0.462 e. The standard InChI is InChI=1S/C13H21F3O2/c1-3-12(2,13(14,15)16)11(17)18-10-8-6-4-5-7-9-10/h10H,3-9H2,1-2H3. The highest BCUT2D eigenvalue weighted by Gasteiger charge is 2.56. The molecular weight excluding hydrogens is 245 g/mol. The van der Waals surface area contributed by atoms with Gasteiger partial charge >= 0.3 is 12.1 Å². The lowest BCUT2D eigenvalue weighted by molar-refractivity contribution is -0.233. The van der Waals surface area contributed by atoms with Crippen molar-refractivity contribution >= 4 is 5.97 Å². The van der Waals surface area contributed by atoms with Gasteiger partial charge in [0, 0.05) is 0 Å². The second-order valence-electron chi connectivity index (χ2n) is 5.20. The molecule has 0 heterocycles. The Bertz CT molecular complexity index is 280. The molecule has 0 radical (unpaired) electrons. The molecular formula is C13H21F3O2. The summed E-state index contributed by atoms with van der Waals surface area (Å²) in [6.45, 7) is 2.29. The summed E-state index contributed by atoms with van der Waals surface area (Å²) in [6.07, 6.45) is 0.169. The molecule has 1 fully saturated rings. The van der Waals surface area contributed by atoms with E-state index in [9.17, 15) is 18.0 Å². The van der Waals surface area contributed by atoms with Crippen molar-refractivity contribution in [2.45, 2.75) is 71.1 Å². The van der Waals surface area contributed by atoms with E-state index in [0.717, 1.165) is 32.6 Å². The number of carbonyl (C=O) groups is 1. The van der Waals surface area contributed by atoms with Crippen molar-refractivity contribution < 1.29 is 22.7 Å². The fraction of sp³-hybridized carbons (Fsp3) is 0.923. The molecule has 1 unspecified atom stereocenters. The van der Waals surface area contributed by atoms with Gasteiger partial charge in [0.15, 0.2) is 5.41 Å². The summed E-state index contributed by atoms with van der Waals surface area (Å²) >= 11 is 0. The molecule has 1 aliphatic rings. The van der Waals surface area contributed by atoms with Crippen LogP contribution in [-0.4, -0.2) is 18.2 Å². The molecule has 0 bridgehead atoms. The number of rotatable bonds is 3. The van der Waals surface area contributed by atoms with Crippen molar-refractivity contribution in [2.24, 2.45) is 5.41 Å². The Kier molecular flexibility index (Phi) is 5.05. The van der Waals surface area contributed by atoms with Crippen LogP contribution in [0.2, 0.25) is 0 Å². The second kappa shape index (κ2) is 5.93. The smallest absolute Gasteiger partial charge is 0.404 e. The molecule has 0 aromatic rings. The third kappa shape index (κ3) is 3.39. The fourth-order valence-corrected chi connectivity index (χ4v) is 2.10. The Balaban J connectivity index is 2.67. The number of alkyl halides is 3. The van der Waals surface area contributed by atoms with E-state index in [0.29, 0.717) is 12.8 Å². The van der Waals surface area contributed by atoms with Crippen molar-refractivity contribution in [1.82, 2.24) is 0 Å². The monoisotopic (exact) mass is 266 g/mol. The zero-order valence-corrected chi connectivity index (χ0v) is 11.0. The van der Waals surface area contributed by atoms with E-state index in [-0.39, 0.29) is 12.5 Å². The number of hydrogen-bond acceptors (Lipinski definition) is 2. The Morgan fingerprint density at radius 3 is 2.06 bits per heavy atom. The SMILES string of the molecule is CCC(C)(C(=O)OC1CCCCCC1)C(F)(F)F. The maximum atomic E-state index is 12.9. The number of halogens is 3. The number of ether oxygens (including phenoxy) is 1. The van der Waals surface area contributed by atoms with E-state index in [1.54, 1.807) is 0 Å². The molecule has 0 amide bonds. The molecule has 5 heteroatoms. The largest absolute Gasteiger partial charge is 0.462 e. The molecule has 0 aromatic heterocycles. The zero-order valence-electron chi connectivity index (χ0n) is 11.0. The average molecular weight is 266 g/mol. The zero-order chi connectivity index (χ0) is 13.8. The molecule has 106 valence electrons. The molecule has 0 spiro atoms. The van der Waals surface area contributed by atoms with Crippen LogP contribution < -0.4 is 0 Å². The van der Waals surface area contributed by atoms with Crippen LogP contribution in [0.3, 0.4) is 0 Å². The van der Waals surface area contributed by atoms with E-state index in [1.165, 1.54) is 6.92 Å². The summed E-state index contributed by atoms with van der Waals surface area (Å²) in [6, 6.07) is 0. The molecule has 1 rings (SSSR count). The van der Waals surface area contributed by atoms with E-state index in [1.807, 2.05) is 0 Å². The lowest BCUT2D eigenvalue weighted by Crippen LogP contribution is -2.44. The first-order chi connectivity index (χ1) is 8.31. The lowest BCUT2D eigenvalue weighted by Gasteiger charge is -2.30. The van der Waals surface area contributed by atoms with Gasteiger partial charge in [-0.25, -0.2) is 0 Å². The van der Waals surface area contributed by atoms with Crippen LogP contribution in [0.15, 0.2) is 0 Å². The van der Waals surface area contributed by atoms with Gasteiger partial charge < -0.3 is 4.74 Å². The van der Waals surface area contributed by atoms with E-state index in [4.69, 9.17) is 4.74 Å². The summed E-state index contributed by atoms with van der Waals surface area (Å²) in [5.74, 6) is -1.12. The fourth-order valence-electron chi connectivity index (χ4n) is 2.10. The Morgan fingerprint density at radius 1 is 1.17 bits per heavy atom. The van der Waals surface area contributed by atoms with Gasteiger partial charge in [-0.05, 0) is 39.0 Å². The first kappa shape index (κ1) is 15.3. The van der Waals surface area contributed by atoms with Crippen LogP contribution >= 0.6 is 0 Å². The van der Waals surface area contributed by atoms with Gasteiger partial charge in [0.2, 0.25) is 0 Å². The third-order valence-electron chi connectivity index (χ3n) is 3.86. The first-order valence-corrected chi connectivity index (χ1v) is 6.59. The number of hydrogen-bond donors (Lipinski definition) is 0. The highest BCUT2D eigenvalue weighted by Crippen LogP contribution is 2.42. The molecule has 18 heavy (non-hydrogen) atoms. The van der Waals surface area contributed by atoms with E-state index >= 15 is 0 Å². The van der Waals surface area contributed by atoms with Gasteiger partial charge in [-0.1, -0.05) is 19.8 Å². The summed E-state index contributed by atoms with van der Waals surface area (Å²) < 4.78 is 43.8. The maximum Gasteiger partial charge on any atom is 0.404 e. The first-order valence-electron chi connectivity index (χ1n) is 6.59. The van der Waals surface area contributed by atoms with Gasteiger partial charge in [-0.2, -0.15) is 13.2 Å². The Hall–Kier alpha value is -0.740. The van der Waals surface area contributed by atoms with Crippen LogP contribution in [-0.2, 0) is 9.53 Å². The highest BCUT2D eigenvalue weighted by atomic mass is 19.4. The molecule has 0 aromatic carbocycles. The van der Waals surface area contributed by atoms with Crippen molar-refractivity contribution in [3.8, 4) is 0 Å². The predicted molar refractivity (Wildman–Crippen MR) is 62.0 cm³/mol. The predicted octanol–water partition coefficient (Wildman–Crippen LogP) is 4.23. The highest BCUT2D eigenvalue weighted by molar-refractivity contribution is 5.77. The van der Waals surface area contributed by atoms with Crippen LogP contribution in [0.4, 0.5) is 13.2 Å². The van der Waals surface area contributed by atoms with Crippen LogP contribution in [0.25, 0.3) is 0 Å². The summed E-state index contributed by atoms with van der Waals surface area (Å²) in [5.41, 5.74) is -2.38. The van der Waals surface area contributed by atoms with Crippen LogP contribution in [0, 0.1) is 5.41 Å². The van der Waals surface area contributed by atoms with Gasteiger partial charge in [0.05, 0.1) is 0 Å². The van der Waals surface area contributed by atoms with Crippen molar-refractivity contribution in [2.75, 3.05) is 0 Å². The van der Waals surface area contributed by atoms with Crippen LogP contribution in [0.5, 0.6) is 0 Å². The molecule has 0 aliphatic heterocycles. The number of esters is 1. The van der Waals surface area contributed by atoms with Gasteiger partial charge in [0.25, 0.3) is 0 Å². The minimum absolute atomic E-state index is 0.290. The minimum atomic E-state index is -4.55. The molecule has 2 nitrogen and oxygen atoms in total. The van der Waals surface area contributed by atoms with E-state index in [2.05, 4.69) is 0 Å². The summed E-state index contributed by atoms with van der Waals surface area (Å²) in [4.78, 5) is 11.8. The van der Waals surface area contributed by atoms with Gasteiger partial charge in [0.1, 0.15) is 6.10 Å². The maximum absolute atomic E-state index is 12.9. The summed E-state index contributed by atoms with van der Waals surface area (Å²) in [5, 5.41) is 0. The van der Waals surface area contributed by atoms with Gasteiger partial charge in [-0.3, -0.25) is 4.79 Å². The molecule has 0 saturated heterocycles. The average Bonchev–Trinajstić information content (AvgIpc) is 2.54. The quantitative estimate of drug-likeness (QED) is 0.564. The number of carbonyl (C=O) groups excluding carboxylic acids is 1. The van der Waals surface area contributed by atoms with E-state index < -0.39 is 17.6 Å². The second-order valence-corrected chi connectivity index (χ2v) is 5.20. The van der Waals surface area contributed by atoms with Gasteiger partial charge in [-0.15, -0.1) is 0 Å².